The van der Waals surface area contributed by atoms with Crippen LogP contribution in [-0.2, 0) is 11.8 Å². The Labute approximate surface area is 128 Å². The maximum absolute atomic E-state index is 11.1. The van der Waals surface area contributed by atoms with Gasteiger partial charge in [0.1, 0.15) is 6.10 Å². The number of morpholine rings is 1. The molecule has 3 rings (SSSR count). The number of aliphatic hydroxyl groups excluding tert-OH is 1. The van der Waals surface area contributed by atoms with Crippen molar-refractivity contribution in [3.63, 3.8) is 0 Å². The Morgan fingerprint density at radius 1 is 1.35 bits per heavy atom. The van der Waals surface area contributed by atoms with Gasteiger partial charge in [0.2, 0.25) is 0 Å². The average molecular weight is 344 g/mol. The smallest absolute Gasteiger partial charge is 0.115 e. The Bertz CT molecular complexity index is 445. The number of aryl methyl sites for hydroxylation is 1. The number of hydrogen-bond acceptors (Lipinski definition) is 4. The first-order valence-corrected chi connectivity index (χ1v) is 8.13. The van der Waals surface area contributed by atoms with E-state index in [9.17, 15) is 5.11 Å². The van der Waals surface area contributed by atoms with Gasteiger partial charge in [-0.2, -0.15) is 5.10 Å². The van der Waals surface area contributed by atoms with Crippen LogP contribution >= 0.6 is 15.9 Å². The highest BCUT2D eigenvalue weighted by molar-refractivity contribution is 9.10. The molecule has 1 aliphatic carbocycles. The van der Waals surface area contributed by atoms with Crippen LogP contribution in [0.2, 0.25) is 0 Å². The molecule has 1 unspecified atom stereocenters. The second kappa shape index (κ2) is 5.75. The molecule has 0 spiro atoms. The van der Waals surface area contributed by atoms with E-state index in [0.29, 0.717) is 0 Å². The second-order valence-electron chi connectivity index (χ2n) is 5.81. The summed E-state index contributed by atoms with van der Waals surface area (Å²) in [6.45, 7) is 3.35. The SMILES string of the molecule is Cn1ncc(Br)c1C(O)C1(N2CCOCC2)CCCC1. The van der Waals surface area contributed by atoms with E-state index >= 15 is 0 Å². The van der Waals surface area contributed by atoms with Crippen LogP contribution in [0.25, 0.3) is 0 Å². The molecule has 1 aliphatic heterocycles. The van der Waals surface area contributed by atoms with Crippen molar-refractivity contribution < 1.29 is 9.84 Å². The van der Waals surface area contributed by atoms with Crippen LogP contribution in [0.1, 0.15) is 37.5 Å². The highest BCUT2D eigenvalue weighted by Crippen LogP contribution is 2.46. The van der Waals surface area contributed by atoms with Gasteiger partial charge in [0.25, 0.3) is 0 Å². The van der Waals surface area contributed by atoms with Crippen LogP contribution in [0, 0.1) is 0 Å². The first-order valence-electron chi connectivity index (χ1n) is 7.33. The molecule has 1 N–H and O–H groups in total. The summed E-state index contributed by atoms with van der Waals surface area (Å²) < 4.78 is 8.15. The Balaban J connectivity index is 1.93. The van der Waals surface area contributed by atoms with E-state index in [0.717, 1.165) is 49.3 Å². The molecule has 0 aromatic carbocycles. The van der Waals surface area contributed by atoms with Gasteiger partial charge in [-0.1, -0.05) is 12.8 Å². The van der Waals surface area contributed by atoms with Crippen molar-refractivity contribution in [1.29, 1.82) is 0 Å². The first-order chi connectivity index (χ1) is 9.65. The molecule has 2 heterocycles. The molecule has 5 nitrogen and oxygen atoms in total. The van der Waals surface area contributed by atoms with Crippen molar-refractivity contribution in [3.05, 3.63) is 16.4 Å². The summed E-state index contributed by atoms with van der Waals surface area (Å²) >= 11 is 3.53. The fourth-order valence-electron chi connectivity index (χ4n) is 3.74. The van der Waals surface area contributed by atoms with Gasteiger partial charge in [-0.3, -0.25) is 9.58 Å². The lowest BCUT2D eigenvalue weighted by Crippen LogP contribution is -2.55. The number of aromatic nitrogens is 2. The Morgan fingerprint density at radius 3 is 2.55 bits per heavy atom. The second-order valence-corrected chi connectivity index (χ2v) is 6.67. The number of halogens is 1. The van der Waals surface area contributed by atoms with Gasteiger partial charge >= 0.3 is 0 Å². The van der Waals surface area contributed by atoms with E-state index in [1.165, 1.54) is 12.8 Å². The average Bonchev–Trinajstić information content (AvgIpc) is 3.08. The summed E-state index contributed by atoms with van der Waals surface area (Å²) in [6, 6.07) is 0. The minimum atomic E-state index is -0.509. The van der Waals surface area contributed by atoms with Gasteiger partial charge in [0, 0.05) is 20.1 Å². The summed E-state index contributed by atoms with van der Waals surface area (Å²) in [7, 11) is 1.89. The summed E-state index contributed by atoms with van der Waals surface area (Å²) in [5.74, 6) is 0. The zero-order valence-electron chi connectivity index (χ0n) is 11.9. The van der Waals surface area contributed by atoms with E-state index < -0.39 is 6.10 Å². The number of rotatable bonds is 3. The molecule has 0 amide bonds. The van der Waals surface area contributed by atoms with Crippen LogP contribution in [0.3, 0.4) is 0 Å². The van der Waals surface area contributed by atoms with Crippen LogP contribution in [0.5, 0.6) is 0 Å². The fraction of sp³-hybridized carbons (Fsp3) is 0.786. The monoisotopic (exact) mass is 343 g/mol. The third kappa shape index (κ3) is 2.32. The molecule has 6 heteroatoms. The van der Waals surface area contributed by atoms with E-state index in [4.69, 9.17) is 4.74 Å². The molecule has 1 aromatic rings. The fourth-order valence-corrected chi connectivity index (χ4v) is 4.31. The van der Waals surface area contributed by atoms with Crippen LogP contribution in [-0.4, -0.2) is 51.6 Å². The Kier molecular flexibility index (Phi) is 4.17. The number of nitrogens with zero attached hydrogens (tertiary/aromatic N) is 3. The van der Waals surface area contributed by atoms with Gasteiger partial charge in [0.15, 0.2) is 0 Å². The molecule has 0 bridgehead atoms. The normalized spacial score (nSPS) is 24.9. The molecule has 20 heavy (non-hydrogen) atoms. The third-order valence-corrected chi connectivity index (χ3v) is 5.43. The summed E-state index contributed by atoms with van der Waals surface area (Å²) in [5, 5.41) is 15.4. The topological polar surface area (TPSA) is 50.5 Å². The number of aliphatic hydroxyl groups is 1. The van der Waals surface area contributed by atoms with Crippen LogP contribution in [0.4, 0.5) is 0 Å². The van der Waals surface area contributed by atoms with Crippen molar-refractivity contribution in [3.8, 4) is 0 Å². The zero-order valence-corrected chi connectivity index (χ0v) is 13.5. The van der Waals surface area contributed by atoms with Crippen molar-refractivity contribution >= 4 is 15.9 Å². The maximum atomic E-state index is 11.1. The molecular formula is C14H22BrN3O2. The van der Waals surface area contributed by atoms with Crippen molar-refractivity contribution in [2.45, 2.75) is 37.3 Å². The molecule has 1 atom stereocenters. The number of hydrogen-bond donors (Lipinski definition) is 1. The van der Waals surface area contributed by atoms with Gasteiger partial charge in [-0.05, 0) is 28.8 Å². The first kappa shape index (κ1) is 14.5. The molecule has 2 fully saturated rings. The Hall–Kier alpha value is -0.430. The minimum Gasteiger partial charge on any atom is -0.385 e. The van der Waals surface area contributed by atoms with Crippen molar-refractivity contribution in [1.82, 2.24) is 14.7 Å². The van der Waals surface area contributed by atoms with Gasteiger partial charge in [0.05, 0.1) is 35.1 Å². The standard InChI is InChI=1S/C14H22BrN3O2/c1-17-12(11(15)10-16-17)13(19)14(4-2-3-5-14)18-6-8-20-9-7-18/h10,13,19H,2-9H2,1H3. The summed E-state index contributed by atoms with van der Waals surface area (Å²) in [6.07, 6.45) is 5.72. The predicted octanol–water partition coefficient (Wildman–Crippen LogP) is 1.86. The van der Waals surface area contributed by atoms with Gasteiger partial charge in [-0.25, -0.2) is 0 Å². The molecule has 2 aliphatic rings. The van der Waals surface area contributed by atoms with Crippen LogP contribution < -0.4 is 0 Å². The molecule has 1 aromatic heterocycles. The predicted molar refractivity (Wildman–Crippen MR) is 79.5 cm³/mol. The molecule has 112 valence electrons. The lowest BCUT2D eigenvalue weighted by Gasteiger charge is -2.46. The zero-order chi connectivity index (χ0) is 14.2. The largest absolute Gasteiger partial charge is 0.385 e. The third-order valence-electron chi connectivity index (χ3n) is 4.82. The van der Waals surface area contributed by atoms with E-state index in [1.54, 1.807) is 10.9 Å². The van der Waals surface area contributed by atoms with Gasteiger partial charge in [-0.15, -0.1) is 0 Å². The minimum absolute atomic E-state index is 0.153. The van der Waals surface area contributed by atoms with E-state index in [1.807, 2.05) is 7.05 Å². The lowest BCUT2D eigenvalue weighted by atomic mass is 9.85. The van der Waals surface area contributed by atoms with E-state index in [-0.39, 0.29) is 5.54 Å². The summed E-state index contributed by atoms with van der Waals surface area (Å²) in [4.78, 5) is 2.44. The Morgan fingerprint density at radius 2 is 2.00 bits per heavy atom. The van der Waals surface area contributed by atoms with E-state index in [2.05, 4.69) is 25.9 Å². The highest BCUT2D eigenvalue weighted by atomic mass is 79.9. The molecular weight excluding hydrogens is 322 g/mol. The lowest BCUT2D eigenvalue weighted by molar-refractivity contribution is -0.0798. The van der Waals surface area contributed by atoms with Crippen molar-refractivity contribution in [2.75, 3.05) is 26.3 Å². The maximum Gasteiger partial charge on any atom is 0.115 e. The molecule has 0 radical (unpaired) electrons. The molecule has 1 saturated carbocycles. The van der Waals surface area contributed by atoms with Crippen molar-refractivity contribution in [2.24, 2.45) is 7.05 Å². The van der Waals surface area contributed by atoms with Crippen LogP contribution in [0.15, 0.2) is 10.7 Å². The van der Waals surface area contributed by atoms with Gasteiger partial charge < -0.3 is 9.84 Å². The molecule has 1 saturated heterocycles. The summed E-state index contributed by atoms with van der Waals surface area (Å²) in [5.41, 5.74) is 0.735. The quantitative estimate of drug-likeness (QED) is 0.910. The number of ether oxygens (including phenoxy) is 1. The highest BCUT2D eigenvalue weighted by Gasteiger charge is 2.47.